The second-order valence-electron chi connectivity index (χ2n) is 5.90. The van der Waals surface area contributed by atoms with E-state index in [1.54, 1.807) is 6.07 Å². The summed E-state index contributed by atoms with van der Waals surface area (Å²) in [5.41, 5.74) is 6.52. The Kier molecular flexibility index (Phi) is 4.51. The van der Waals surface area contributed by atoms with Crippen molar-refractivity contribution in [2.75, 3.05) is 20.8 Å². The molecule has 8 nitrogen and oxygen atoms in total. The fraction of sp³-hybridized carbons (Fsp3) is 0.667. The SMILES string of the molecule is COc1cc([C@@H](O)[C@H]2C[C@H]3CCCCN3C(N)=N2)nc(OC)n1. The normalized spacial score (nSPS) is 25.3. The summed E-state index contributed by atoms with van der Waals surface area (Å²) in [4.78, 5) is 14.9. The number of nitrogens with zero attached hydrogens (tertiary/aromatic N) is 4. The van der Waals surface area contributed by atoms with E-state index in [0.29, 0.717) is 23.6 Å². The molecule has 23 heavy (non-hydrogen) atoms. The van der Waals surface area contributed by atoms with E-state index in [1.807, 2.05) is 0 Å². The van der Waals surface area contributed by atoms with Crippen LogP contribution in [0.15, 0.2) is 11.1 Å². The number of hydrogen-bond donors (Lipinski definition) is 2. The van der Waals surface area contributed by atoms with E-state index in [1.165, 1.54) is 20.6 Å². The van der Waals surface area contributed by atoms with Crippen molar-refractivity contribution in [2.24, 2.45) is 10.7 Å². The number of piperidine rings is 1. The highest BCUT2D eigenvalue weighted by molar-refractivity contribution is 5.79. The standard InChI is InChI=1S/C15H23N5O3/c1-22-12-8-11(18-15(19-12)23-2)13(21)10-7-9-5-3-4-6-20(9)14(16)17-10/h8-10,13,21H,3-7H2,1-2H3,(H2,16,17)/t9-,10-,13+/m1/s1. The van der Waals surface area contributed by atoms with E-state index in [4.69, 9.17) is 15.2 Å². The third kappa shape index (κ3) is 3.17. The van der Waals surface area contributed by atoms with Gasteiger partial charge in [0.1, 0.15) is 6.10 Å². The zero-order valence-corrected chi connectivity index (χ0v) is 13.5. The van der Waals surface area contributed by atoms with Crippen molar-refractivity contribution in [1.82, 2.24) is 14.9 Å². The molecule has 3 N–H and O–H groups in total. The summed E-state index contributed by atoms with van der Waals surface area (Å²) in [7, 11) is 2.98. The van der Waals surface area contributed by atoms with Crippen molar-refractivity contribution in [3.05, 3.63) is 11.8 Å². The molecule has 0 spiro atoms. The monoisotopic (exact) mass is 321 g/mol. The van der Waals surface area contributed by atoms with E-state index in [-0.39, 0.29) is 12.1 Å². The molecule has 0 bridgehead atoms. The summed E-state index contributed by atoms with van der Waals surface area (Å²) in [5, 5.41) is 10.7. The van der Waals surface area contributed by atoms with E-state index < -0.39 is 6.10 Å². The molecule has 1 fully saturated rings. The lowest BCUT2D eigenvalue weighted by Gasteiger charge is -2.42. The third-order valence-electron chi connectivity index (χ3n) is 4.49. The molecule has 3 heterocycles. The number of rotatable bonds is 4. The fourth-order valence-electron chi connectivity index (χ4n) is 3.29. The van der Waals surface area contributed by atoms with E-state index in [0.717, 1.165) is 25.8 Å². The average molecular weight is 321 g/mol. The molecule has 126 valence electrons. The summed E-state index contributed by atoms with van der Waals surface area (Å²) in [5.74, 6) is 0.857. The summed E-state index contributed by atoms with van der Waals surface area (Å²) in [6.07, 6.45) is 3.29. The van der Waals surface area contributed by atoms with Crippen LogP contribution in [0.5, 0.6) is 11.9 Å². The minimum Gasteiger partial charge on any atom is -0.481 e. The molecule has 0 radical (unpaired) electrons. The van der Waals surface area contributed by atoms with Crippen molar-refractivity contribution >= 4 is 5.96 Å². The van der Waals surface area contributed by atoms with Gasteiger partial charge >= 0.3 is 6.01 Å². The number of guanidine groups is 1. The lowest BCUT2D eigenvalue weighted by atomic mass is 9.91. The highest BCUT2D eigenvalue weighted by atomic mass is 16.5. The smallest absolute Gasteiger partial charge is 0.319 e. The van der Waals surface area contributed by atoms with Gasteiger partial charge in [0.25, 0.3) is 0 Å². The molecule has 1 aromatic heterocycles. The first-order chi connectivity index (χ1) is 11.1. The van der Waals surface area contributed by atoms with E-state index >= 15 is 0 Å². The molecular weight excluding hydrogens is 298 g/mol. The van der Waals surface area contributed by atoms with Crippen LogP contribution in [-0.2, 0) is 0 Å². The number of aromatic nitrogens is 2. The van der Waals surface area contributed by atoms with Crippen molar-refractivity contribution in [1.29, 1.82) is 0 Å². The summed E-state index contributed by atoms with van der Waals surface area (Å²) >= 11 is 0. The number of aliphatic hydroxyl groups excluding tert-OH is 1. The number of aliphatic imine (C=N–C) groups is 1. The third-order valence-corrected chi connectivity index (χ3v) is 4.49. The van der Waals surface area contributed by atoms with E-state index in [9.17, 15) is 5.11 Å². The van der Waals surface area contributed by atoms with Gasteiger partial charge in [-0.05, 0) is 25.7 Å². The van der Waals surface area contributed by atoms with E-state index in [2.05, 4.69) is 19.9 Å². The molecule has 3 rings (SSSR count). The molecule has 2 aliphatic rings. The van der Waals surface area contributed by atoms with Gasteiger partial charge in [0.15, 0.2) is 5.96 Å². The van der Waals surface area contributed by atoms with Crippen LogP contribution >= 0.6 is 0 Å². The number of hydrogen-bond acceptors (Lipinski definition) is 8. The van der Waals surface area contributed by atoms with Gasteiger partial charge in [0.05, 0.1) is 26.0 Å². The Labute approximate surface area is 135 Å². The lowest BCUT2D eigenvalue weighted by Crippen LogP contribution is -2.52. The molecule has 0 amide bonds. The van der Waals surface area contributed by atoms with Crippen LogP contribution < -0.4 is 15.2 Å². The Morgan fingerprint density at radius 2 is 2.13 bits per heavy atom. The number of methoxy groups -OCH3 is 2. The minimum atomic E-state index is -0.872. The fourth-order valence-corrected chi connectivity index (χ4v) is 3.29. The Morgan fingerprint density at radius 1 is 1.30 bits per heavy atom. The molecule has 0 aliphatic carbocycles. The predicted octanol–water partition coefficient (Wildman–Crippen LogP) is 0.469. The van der Waals surface area contributed by atoms with Crippen molar-refractivity contribution in [3.8, 4) is 11.9 Å². The first-order valence-corrected chi connectivity index (χ1v) is 7.87. The van der Waals surface area contributed by atoms with Crippen LogP contribution in [0.2, 0.25) is 0 Å². The van der Waals surface area contributed by atoms with Crippen LogP contribution in [0.4, 0.5) is 0 Å². The Bertz CT molecular complexity index is 572. The maximum Gasteiger partial charge on any atom is 0.319 e. The predicted molar refractivity (Wildman–Crippen MR) is 84.5 cm³/mol. The molecule has 2 aliphatic heterocycles. The van der Waals surface area contributed by atoms with Crippen LogP contribution in [0.1, 0.15) is 37.5 Å². The molecule has 1 aromatic rings. The number of nitrogens with two attached hydrogens (primary N) is 1. The van der Waals surface area contributed by atoms with Crippen LogP contribution in [0.3, 0.4) is 0 Å². The van der Waals surface area contributed by atoms with Crippen LogP contribution in [0.25, 0.3) is 0 Å². The van der Waals surface area contributed by atoms with Gasteiger partial charge in [0.2, 0.25) is 5.88 Å². The molecular formula is C15H23N5O3. The second kappa shape index (κ2) is 6.57. The van der Waals surface area contributed by atoms with Gasteiger partial charge < -0.3 is 25.2 Å². The Morgan fingerprint density at radius 3 is 2.87 bits per heavy atom. The molecule has 0 aromatic carbocycles. The first kappa shape index (κ1) is 15.8. The Hall–Kier alpha value is -2.09. The highest BCUT2D eigenvalue weighted by Gasteiger charge is 2.35. The molecule has 8 heteroatoms. The highest BCUT2D eigenvalue weighted by Crippen LogP contribution is 2.31. The van der Waals surface area contributed by atoms with Gasteiger partial charge in [-0.1, -0.05) is 0 Å². The van der Waals surface area contributed by atoms with Crippen LogP contribution in [-0.4, -0.2) is 58.8 Å². The topological polar surface area (TPSA) is 106 Å². The van der Waals surface area contributed by atoms with Gasteiger partial charge in [-0.2, -0.15) is 9.97 Å². The largest absolute Gasteiger partial charge is 0.481 e. The molecule has 1 saturated heterocycles. The zero-order chi connectivity index (χ0) is 16.4. The number of aliphatic hydroxyl groups is 1. The van der Waals surface area contributed by atoms with Crippen molar-refractivity contribution < 1.29 is 14.6 Å². The first-order valence-electron chi connectivity index (χ1n) is 7.87. The lowest BCUT2D eigenvalue weighted by molar-refractivity contribution is 0.103. The minimum absolute atomic E-state index is 0.158. The number of fused-ring (bicyclic) bond motifs is 1. The zero-order valence-electron chi connectivity index (χ0n) is 13.5. The van der Waals surface area contributed by atoms with Gasteiger partial charge in [-0.3, -0.25) is 0 Å². The maximum absolute atomic E-state index is 10.7. The molecule has 3 atom stereocenters. The van der Waals surface area contributed by atoms with Gasteiger partial charge in [-0.15, -0.1) is 0 Å². The van der Waals surface area contributed by atoms with Crippen LogP contribution in [0, 0.1) is 0 Å². The summed E-state index contributed by atoms with van der Waals surface area (Å²) in [6.45, 7) is 0.942. The molecule has 0 unspecified atom stereocenters. The van der Waals surface area contributed by atoms with Crippen molar-refractivity contribution in [3.63, 3.8) is 0 Å². The summed E-state index contributed by atoms with van der Waals surface area (Å²) in [6, 6.07) is 1.78. The maximum atomic E-state index is 10.7. The van der Waals surface area contributed by atoms with Gasteiger partial charge in [-0.25, -0.2) is 4.99 Å². The van der Waals surface area contributed by atoms with Crippen molar-refractivity contribution in [2.45, 2.75) is 43.9 Å². The Balaban J connectivity index is 1.85. The number of ether oxygens (including phenoxy) is 2. The molecule has 0 saturated carbocycles. The van der Waals surface area contributed by atoms with Gasteiger partial charge in [0, 0.05) is 18.7 Å². The summed E-state index contributed by atoms with van der Waals surface area (Å²) < 4.78 is 10.2. The second-order valence-corrected chi connectivity index (χ2v) is 5.90. The average Bonchev–Trinajstić information content (AvgIpc) is 2.60. The quantitative estimate of drug-likeness (QED) is 0.830.